The number of piperazine rings is 1. The average Bonchev–Trinajstić information content (AvgIpc) is 4.08. The standard InChI is InChI=1S/C52H53N7O10S/c60-42-16-15-39(49(64)55-42)45-47(62)38-7-4-8-41(44(38)48(45)63)53-18-25-68-27-29-69-28-26-67-24-17-43(61)58-22-20-57(21-23-58)37-13-11-33(12-14-37)35-9-10-36-32-59(51(66)40(36)31-35)46(34-5-2-1-3-6-34)50(65)56-52-54-19-30-70-52/h1-14,19,30-31,39,45-46,53H,15-18,20-29,32H2,(H,54,56,65)(H,55,60,64). The number of ketones is 2. The normalized spacial score (nSPS) is 18.2. The number of nitrogens with one attached hydrogen (secondary N) is 3. The Morgan fingerprint density at radius 2 is 1.50 bits per heavy atom. The predicted molar refractivity (Wildman–Crippen MR) is 261 cm³/mol. The number of anilines is 3. The SMILES string of the molecule is O=C1CCC(C2C(=O)c3cccc(NCCOCCOCCOCCC(=O)N4CCN(c5ccc(-c6ccc7c(c6)C(=O)N(C(C(=O)Nc6nccs6)c6ccccc6)C7)cc5)CC4)c3C2=O)C(=O)N1. The third kappa shape index (κ3) is 10.7. The number of carbonyl (C=O) groups excluding carboxylic acids is 7. The first kappa shape index (κ1) is 47.9. The van der Waals surface area contributed by atoms with E-state index in [0.29, 0.717) is 95.3 Å². The van der Waals surface area contributed by atoms with Gasteiger partial charge in [-0.2, -0.15) is 0 Å². The lowest BCUT2D eigenvalue weighted by Crippen LogP contribution is -2.49. The van der Waals surface area contributed by atoms with Crippen LogP contribution in [0.25, 0.3) is 11.1 Å². The monoisotopic (exact) mass is 967 g/mol. The maximum atomic E-state index is 14.0. The van der Waals surface area contributed by atoms with Gasteiger partial charge in [0.15, 0.2) is 16.7 Å². The van der Waals surface area contributed by atoms with Crippen LogP contribution >= 0.6 is 11.3 Å². The Hall–Kier alpha value is -7.12. The second-order valence-electron chi connectivity index (χ2n) is 17.4. The summed E-state index contributed by atoms with van der Waals surface area (Å²) in [5.41, 5.74) is 6.13. The fourth-order valence-corrected chi connectivity index (χ4v) is 10.0. The summed E-state index contributed by atoms with van der Waals surface area (Å²) in [5, 5.41) is 10.6. The molecule has 2 saturated heterocycles. The Morgan fingerprint density at radius 3 is 2.23 bits per heavy atom. The highest BCUT2D eigenvalue weighted by molar-refractivity contribution is 7.13. The fourth-order valence-electron chi connectivity index (χ4n) is 9.48. The molecule has 70 heavy (non-hydrogen) atoms. The van der Waals surface area contributed by atoms with Crippen LogP contribution < -0.4 is 20.9 Å². The van der Waals surface area contributed by atoms with Gasteiger partial charge < -0.3 is 34.2 Å². The quantitative estimate of drug-likeness (QED) is 0.0509. The fraction of sp³-hybridized carbons (Fsp3) is 0.346. The Kier molecular flexibility index (Phi) is 15.1. The van der Waals surface area contributed by atoms with E-state index in [1.54, 1.807) is 34.7 Å². The van der Waals surface area contributed by atoms with Crippen LogP contribution in [-0.4, -0.2) is 128 Å². The van der Waals surface area contributed by atoms with Crippen molar-refractivity contribution in [2.24, 2.45) is 11.8 Å². The van der Waals surface area contributed by atoms with Crippen molar-refractivity contribution in [3.05, 3.63) is 130 Å². The summed E-state index contributed by atoms with van der Waals surface area (Å²) in [7, 11) is 0. The second-order valence-corrected chi connectivity index (χ2v) is 18.3. The zero-order valence-corrected chi connectivity index (χ0v) is 39.2. The van der Waals surface area contributed by atoms with Gasteiger partial charge in [-0.15, -0.1) is 11.3 Å². The number of imide groups is 1. The van der Waals surface area contributed by atoms with Crippen LogP contribution in [-0.2, 0) is 39.9 Å². The van der Waals surface area contributed by atoms with E-state index in [2.05, 4.69) is 38.0 Å². The number of carbonyl (C=O) groups is 7. The molecule has 4 aliphatic rings. The summed E-state index contributed by atoms with van der Waals surface area (Å²) < 4.78 is 16.9. The molecule has 0 spiro atoms. The number of benzene rings is 4. The maximum absolute atomic E-state index is 14.0. The molecule has 0 radical (unpaired) electrons. The van der Waals surface area contributed by atoms with Crippen LogP contribution in [0.1, 0.15) is 67.5 Å². The summed E-state index contributed by atoms with van der Waals surface area (Å²) in [6.45, 7) is 5.27. The third-order valence-electron chi connectivity index (χ3n) is 13.1. The van der Waals surface area contributed by atoms with Gasteiger partial charge in [-0.3, -0.25) is 44.2 Å². The van der Waals surface area contributed by atoms with Crippen LogP contribution in [0.2, 0.25) is 0 Å². The summed E-state index contributed by atoms with van der Waals surface area (Å²) in [6, 6.07) is 27.6. The van der Waals surface area contributed by atoms with Gasteiger partial charge in [0.25, 0.3) is 11.8 Å². The molecule has 4 aromatic carbocycles. The van der Waals surface area contributed by atoms with E-state index in [9.17, 15) is 33.6 Å². The topological polar surface area (TPSA) is 206 Å². The van der Waals surface area contributed by atoms with Crippen molar-refractivity contribution in [1.82, 2.24) is 20.1 Å². The summed E-state index contributed by atoms with van der Waals surface area (Å²) in [4.78, 5) is 101. The molecule has 1 aromatic heterocycles. The molecule has 0 saturated carbocycles. The van der Waals surface area contributed by atoms with Crippen molar-refractivity contribution in [3.8, 4) is 11.1 Å². The number of aromatic nitrogens is 1. The largest absolute Gasteiger partial charge is 0.382 e. The smallest absolute Gasteiger partial charge is 0.255 e. The molecular formula is C52H53N7O10S. The molecule has 1 aliphatic carbocycles. The number of amides is 5. The van der Waals surface area contributed by atoms with Crippen LogP contribution in [0.15, 0.2) is 103 Å². The molecule has 3 N–H and O–H groups in total. The second kappa shape index (κ2) is 22.1. The number of thiazole rings is 1. The van der Waals surface area contributed by atoms with Gasteiger partial charge in [0, 0.05) is 79.8 Å². The molecule has 0 bridgehead atoms. The zero-order chi connectivity index (χ0) is 48.6. The van der Waals surface area contributed by atoms with Crippen molar-refractivity contribution < 1.29 is 47.8 Å². The Labute approximate surface area is 408 Å². The van der Waals surface area contributed by atoms with E-state index < -0.39 is 41.3 Å². The molecule has 18 heteroatoms. The number of piperidine rings is 1. The molecule has 3 aliphatic heterocycles. The lowest BCUT2D eigenvalue weighted by atomic mass is 9.82. The zero-order valence-electron chi connectivity index (χ0n) is 38.4. The lowest BCUT2D eigenvalue weighted by Gasteiger charge is -2.36. The molecule has 17 nitrogen and oxygen atoms in total. The predicted octanol–water partition coefficient (Wildman–Crippen LogP) is 5.39. The van der Waals surface area contributed by atoms with Crippen molar-refractivity contribution in [3.63, 3.8) is 0 Å². The Bertz CT molecular complexity index is 2750. The number of Topliss-reactive ketones (excluding diaryl/α,β-unsaturated/α-hetero) is 2. The highest BCUT2D eigenvalue weighted by Gasteiger charge is 2.48. The molecule has 362 valence electrons. The third-order valence-corrected chi connectivity index (χ3v) is 13.8. The van der Waals surface area contributed by atoms with Gasteiger partial charge in [0.1, 0.15) is 6.04 Å². The number of nitrogens with zero attached hydrogens (tertiary/aromatic N) is 4. The Balaban J connectivity index is 0.645. The maximum Gasteiger partial charge on any atom is 0.255 e. The van der Waals surface area contributed by atoms with Crippen molar-refractivity contribution in [1.29, 1.82) is 0 Å². The number of hydrogen-bond acceptors (Lipinski definition) is 14. The van der Waals surface area contributed by atoms with Crippen LogP contribution in [0, 0.1) is 11.8 Å². The number of fused-ring (bicyclic) bond motifs is 2. The molecular weight excluding hydrogens is 915 g/mol. The first-order chi connectivity index (χ1) is 34.1. The Morgan fingerprint density at radius 1 is 0.771 bits per heavy atom. The highest BCUT2D eigenvalue weighted by atomic mass is 32.1. The summed E-state index contributed by atoms with van der Waals surface area (Å²) in [6.07, 6.45) is 2.16. The van der Waals surface area contributed by atoms with E-state index in [0.717, 1.165) is 27.9 Å². The molecule has 9 rings (SSSR count). The van der Waals surface area contributed by atoms with Gasteiger partial charge in [-0.05, 0) is 52.9 Å². The molecule has 2 fully saturated rings. The number of ether oxygens (including phenoxy) is 3. The highest BCUT2D eigenvalue weighted by Crippen LogP contribution is 2.39. The van der Waals surface area contributed by atoms with E-state index >= 15 is 0 Å². The van der Waals surface area contributed by atoms with E-state index in [1.807, 2.05) is 65.6 Å². The summed E-state index contributed by atoms with van der Waals surface area (Å²) in [5.74, 6) is -4.25. The molecule has 5 aromatic rings. The van der Waals surface area contributed by atoms with Gasteiger partial charge in [-0.1, -0.05) is 66.7 Å². The van der Waals surface area contributed by atoms with E-state index in [-0.39, 0.29) is 48.1 Å². The first-order valence-electron chi connectivity index (χ1n) is 23.5. The molecule has 5 amide bonds. The molecule has 4 heterocycles. The van der Waals surface area contributed by atoms with Crippen LogP contribution in [0.4, 0.5) is 16.5 Å². The van der Waals surface area contributed by atoms with Gasteiger partial charge >= 0.3 is 0 Å². The lowest BCUT2D eigenvalue weighted by molar-refractivity contribution is -0.137. The minimum Gasteiger partial charge on any atom is -0.382 e. The number of hydrogen-bond donors (Lipinski definition) is 3. The van der Waals surface area contributed by atoms with E-state index in [1.165, 1.54) is 11.3 Å². The minimum atomic E-state index is -1.13. The van der Waals surface area contributed by atoms with Crippen LogP contribution in [0.5, 0.6) is 0 Å². The minimum absolute atomic E-state index is 0.0449. The van der Waals surface area contributed by atoms with Gasteiger partial charge in [0.05, 0.1) is 63.5 Å². The average molecular weight is 968 g/mol. The molecule has 3 atom stereocenters. The summed E-state index contributed by atoms with van der Waals surface area (Å²) >= 11 is 1.32. The van der Waals surface area contributed by atoms with Gasteiger partial charge in [0.2, 0.25) is 17.7 Å². The first-order valence-corrected chi connectivity index (χ1v) is 24.4. The van der Waals surface area contributed by atoms with Crippen molar-refractivity contribution in [2.45, 2.75) is 31.8 Å². The van der Waals surface area contributed by atoms with Gasteiger partial charge in [-0.25, -0.2) is 4.98 Å². The van der Waals surface area contributed by atoms with Crippen LogP contribution in [0.3, 0.4) is 0 Å². The van der Waals surface area contributed by atoms with Crippen molar-refractivity contribution >= 4 is 68.9 Å². The van der Waals surface area contributed by atoms with E-state index in [4.69, 9.17) is 14.2 Å². The van der Waals surface area contributed by atoms with Crippen molar-refractivity contribution in [2.75, 3.05) is 87.9 Å². The molecule has 3 unspecified atom stereocenters. The number of rotatable bonds is 20.